The first kappa shape index (κ1) is 22.3. The van der Waals surface area contributed by atoms with Crippen molar-refractivity contribution in [2.75, 3.05) is 26.2 Å². The molecule has 1 aliphatic heterocycles. The van der Waals surface area contributed by atoms with Gasteiger partial charge in [0, 0.05) is 30.7 Å². The van der Waals surface area contributed by atoms with E-state index in [2.05, 4.69) is 15.7 Å². The van der Waals surface area contributed by atoms with Crippen LogP contribution in [-0.2, 0) is 16.0 Å². The number of hydrogen-bond acceptors (Lipinski definition) is 5. The summed E-state index contributed by atoms with van der Waals surface area (Å²) in [5.41, 5.74) is 1.08. The van der Waals surface area contributed by atoms with Gasteiger partial charge in [-0.2, -0.15) is 0 Å². The van der Waals surface area contributed by atoms with Crippen LogP contribution < -0.4 is 10.1 Å². The number of thiazole rings is 1. The minimum Gasteiger partial charge on any atom is -0.493 e. The van der Waals surface area contributed by atoms with E-state index in [1.807, 2.05) is 42.2 Å². The third kappa shape index (κ3) is 7.13. The van der Waals surface area contributed by atoms with E-state index in [0.29, 0.717) is 26.1 Å². The van der Waals surface area contributed by atoms with Crippen molar-refractivity contribution >= 4 is 23.2 Å². The van der Waals surface area contributed by atoms with E-state index in [1.165, 1.54) is 0 Å². The number of carbonyl (C=O) groups is 2. The Hall–Kier alpha value is -2.41. The molecule has 1 aliphatic rings. The molecule has 2 heterocycles. The first-order valence-corrected chi connectivity index (χ1v) is 11.6. The predicted octanol–water partition coefficient (Wildman–Crippen LogP) is 3.60. The number of amides is 2. The minimum absolute atomic E-state index is 0.0576. The normalized spacial score (nSPS) is 16.3. The molecule has 2 aromatic rings. The zero-order valence-electron chi connectivity index (χ0n) is 17.6. The lowest BCUT2D eigenvalue weighted by molar-refractivity contribution is -0.136. The Balaban J connectivity index is 1.31. The fourth-order valence-corrected chi connectivity index (χ4v) is 4.44. The Bertz CT molecular complexity index is 809. The Kier molecular flexibility index (Phi) is 8.68. The summed E-state index contributed by atoms with van der Waals surface area (Å²) in [4.78, 5) is 31.3. The average molecular weight is 430 g/mol. The number of benzene rings is 1. The monoisotopic (exact) mass is 429 g/mol. The zero-order valence-corrected chi connectivity index (χ0v) is 18.5. The van der Waals surface area contributed by atoms with Gasteiger partial charge in [0.2, 0.25) is 11.8 Å². The molecule has 162 valence electrons. The second-order valence-corrected chi connectivity index (χ2v) is 8.66. The number of rotatable bonds is 10. The molecule has 1 aromatic carbocycles. The molecule has 1 atom stereocenters. The maximum Gasteiger partial charge on any atom is 0.226 e. The van der Waals surface area contributed by atoms with E-state index in [-0.39, 0.29) is 17.7 Å². The van der Waals surface area contributed by atoms with Crippen LogP contribution in [0.4, 0.5) is 0 Å². The molecule has 0 spiro atoms. The van der Waals surface area contributed by atoms with Gasteiger partial charge in [-0.3, -0.25) is 9.59 Å². The summed E-state index contributed by atoms with van der Waals surface area (Å²) in [5.74, 6) is 0.783. The van der Waals surface area contributed by atoms with E-state index in [4.69, 9.17) is 4.74 Å². The highest BCUT2D eigenvalue weighted by atomic mass is 32.1. The number of aromatic nitrogens is 1. The quantitative estimate of drug-likeness (QED) is 0.586. The van der Waals surface area contributed by atoms with Crippen LogP contribution in [0.25, 0.3) is 0 Å². The van der Waals surface area contributed by atoms with Gasteiger partial charge in [0.1, 0.15) is 5.75 Å². The molecule has 1 aromatic heterocycles. The van der Waals surface area contributed by atoms with Crippen molar-refractivity contribution in [2.24, 2.45) is 5.92 Å². The number of aryl methyl sites for hydroxylation is 2. The summed E-state index contributed by atoms with van der Waals surface area (Å²) in [5, 5.41) is 6.28. The lowest BCUT2D eigenvalue weighted by Gasteiger charge is -2.32. The second kappa shape index (κ2) is 11.7. The molecule has 0 radical (unpaired) electrons. The van der Waals surface area contributed by atoms with Gasteiger partial charge in [0.25, 0.3) is 0 Å². The van der Waals surface area contributed by atoms with E-state index >= 15 is 0 Å². The Morgan fingerprint density at radius 3 is 2.87 bits per heavy atom. The molecule has 1 unspecified atom stereocenters. The molecule has 1 fully saturated rings. The fraction of sp³-hybridized carbons (Fsp3) is 0.522. The summed E-state index contributed by atoms with van der Waals surface area (Å²) in [6.45, 7) is 4.28. The van der Waals surface area contributed by atoms with Crippen molar-refractivity contribution in [1.29, 1.82) is 0 Å². The molecule has 7 heteroatoms. The molecule has 2 amide bonds. The topological polar surface area (TPSA) is 71.5 Å². The van der Waals surface area contributed by atoms with Crippen LogP contribution in [0.2, 0.25) is 0 Å². The Morgan fingerprint density at radius 1 is 1.27 bits per heavy atom. The highest BCUT2D eigenvalue weighted by molar-refractivity contribution is 7.09. The molecular formula is C23H31N3O3S. The molecule has 30 heavy (non-hydrogen) atoms. The summed E-state index contributed by atoms with van der Waals surface area (Å²) >= 11 is 1.70. The van der Waals surface area contributed by atoms with Crippen molar-refractivity contribution in [3.05, 3.63) is 46.4 Å². The van der Waals surface area contributed by atoms with Crippen LogP contribution in [0.5, 0.6) is 5.75 Å². The van der Waals surface area contributed by atoms with Crippen LogP contribution in [0.15, 0.2) is 35.7 Å². The fourth-order valence-electron chi connectivity index (χ4n) is 3.62. The standard InChI is InChI=1S/C23H31N3O3S/c1-18-17-30-21(25-18)11-5-6-13-24-23(28)19-8-7-14-26(16-19)22(27)12-15-29-20-9-3-2-4-10-20/h2-4,9-10,17,19H,5-8,11-16H2,1H3,(H,24,28). The molecule has 6 nitrogen and oxygen atoms in total. The SMILES string of the molecule is Cc1csc(CCCCNC(=O)C2CCCN(C(=O)CCOc3ccccc3)C2)n1. The number of unbranched alkanes of at least 4 members (excludes halogenated alkanes) is 1. The maximum atomic E-state index is 12.5. The summed E-state index contributed by atoms with van der Waals surface area (Å²) < 4.78 is 5.62. The number of ether oxygens (including phenoxy) is 1. The third-order valence-electron chi connectivity index (χ3n) is 5.26. The Labute approximate surface area is 182 Å². The molecule has 1 N–H and O–H groups in total. The highest BCUT2D eigenvalue weighted by Crippen LogP contribution is 2.18. The molecular weight excluding hydrogens is 398 g/mol. The number of nitrogens with zero attached hydrogens (tertiary/aromatic N) is 2. The van der Waals surface area contributed by atoms with E-state index in [1.54, 1.807) is 11.3 Å². The van der Waals surface area contributed by atoms with Crippen molar-refractivity contribution < 1.29 is 14.3 Å². The molecule has 0 saturated carbocycles. The van der Waals surface area contributed by atoms with Crippen LogP contribution in [0, 0.1) is 12.8 Å². The lowest BCUT2D eigenvalue weighted by atomic mass is 9.97. The summed E-state index contributed by atoms with van der Waals surface area (Å²) in [7, 11) is 0. The second-order valence-electron chi connectivity index (χ2n) is 7.72. The highest BCUT2D eigenvalue weighted by Gasteiger charge is 2.28. The summed E-state index contributed by atoms with van der Waals surface area (Å²) in [6.07, 6.45) is 4.96. The van der Waals surface area contributed by atoms with Crippen molar-refractivity contribution in [1.82, 2.24) is 15.2 Å². The first-order valence-electron chi connectivity index (χ1n) is 10.8. The van der Waals surface area contributed by atoms with Gasteiger partial charge in [0.15, 0.2) is 0 Å². The van der Waals surface area contributed by atoms with E-state index in [9.17, 15) is 9.59 Å². The van der Waals surface area contributed by atoms with Gasteiger partial charge in [-0.25, -0.2) is 4.98 Å². The molecule has 0 bridgehead atoms. The number of likely N-dealkylation sites (tertiary alicyclic amines) is 1. The molecule has 3 rings (SSSR count). The largest absolute Gasteiger partial charge is 0.493 e. The van der Waals surface area contributed by atoms with E-state index in [0.717, 1.165) is 55.1 Å². The van der Waals surface area contributed by atoms with Gasteiger partial charge in [-0.15, -0.1) is 11.3 Å². The van der Waals surface area contributed by atoms with Gasteiger partial charge in [0.05, 0.1) is 24.0 Å². The molecule has 1 saturated heterocycles. The lowest BCUT2D eigenvalue weighted by Crippen LogP contribution is -2.45. The van der Waals surface area contributed by atoms with Gasteiger partial charge >= 0.3 is 0 Å². The number of hydrogen-bond donors (Lipinski definition) is 1. The van der Waals surface area contributed by atoms with Crippen LogP contribution >= 0.6 is 11.3 Å². The molecule has 0 aliphatic carbocycles. The third-order valence-corrected chi connectivity index (χ3v) is 6.28. The van der Waals surface area contributed by atoms with Crippen LogP contribution in [0.3, 0.4) is 0 Å². The van der Waals surface area contributed by atoms with Crippen molar-refractivity contribution in [3.63, 3.8) is 0 Å². The number of para-hydroxylation sites is 1. The van der Waals surface area contributed by atoms with Crippen molar-refractivity contribution in [2.45, 2.75) is 45.4 Å². The zero-order chi connectivity index (χ0) is 21.2. The maximum absolute atomic E-state index is 12.5. The Morgan fingerprint density at radius 2 is 2.10 bits per heavy atom. The van der Waals surface area contributed by atoms with Crippen LogP contribution in [-0.4, -0.2) is 47.9 Å². The number of piperidine rings is 1. The van der Waals surface area contributed by atoms with Gasteiger partial charge in [-0.05, 0) is 51.2 Å². The smallest absolute Gasteiger partial charge is 0.226 e. The van der Waals surface area contributed by atoms with Gasteiger partial charge < -0.3 is 15.0 Å². The predicted molar refractivity (Wildman–Crippen MR) is 119 cm³/mol. The number of carbonyl (C=O) groups excluding carboxylic acids is 2. The first-order chi connectivity index (χ1) is 14.6. The van der Waals surface area contributed by atoms with E-state index < -0.39 is 0 Å². The number of nitrogens with one attached hydrogen (secondary N) is 1. The average Bonchev–Trinajstić information content (AvgIpc) is 3.19. The van der Waals surface area contributed by atoms with Crippen LogP contribution in [0.1, 0.15) is 42.8 Å². The van der Waals surface area contributed by atoms with Gasteiger partial charge in [-0.1, -0.05) is 18.2 Å². The summed E-state index contributed by atoms with van der Waals surface area (Å²) in [6, 6.07) is 9.50. The van der Waals surface area contributed by atoms with Crippen molar-refractivity contribution in [3.8, 4) is 5.75 Å². The minimum atomic E-state index is -0.112.